The number of aryl methyl sites for hydroxylation is 1. The summed E-state index contributed by atoms with van der Waals surface area (Å²) in [7, 11) is 2.17. The molecule has 3 nitrogen and oxygen atoms in total. The van der Waals surface area contributed by atoms with Crippen molar-refractivity contribution in [3.05, 3.63) is 29.1 Å². The van der Waals surface area contributed by atoms with Crippen molar-refractivity contribution in [2.24, 2.45) is 5.73 Å². The molecule has 1 aliphatic heterocycles. The lowest BCUT2D eigenvalue weighted by atomic mass is 9.94. The van der Waals surface area contributed by atoms with Crippen LogP contribution >= 0.6 is 0 Å². The second kappa shape index (κ2) is 4.29. The molecule has 0 saturated heterocycles. The molecular formula is C12H19N3. The average Bonchev–Trinajstić information content (AvgIpc) is 2.22. The fourth-order valence-electron chi connectivity index (χ4n) is 2.33. The highest BCUT2D eigenvalue weighted by Gasteiger charge is 2.24. The summed E-state index contributed by atoms with van der Waals surface area (Å²) >= 11 is 0. The Bertz CT molecular complexity index is 349. The molecule has 0 spiro atoms. The van der Waals surface area contributed by atoms with Gasteiger partial charge in [-0.05, 0) is 38.6 Å². The Labute approximate surface area is 91.3 Å². The third-order valence-electron chi connectivity index (χ3n) is 3.18. The van der Waals surface area contributed by atoms with Crippen molar-refractivity contribution in [2.45, 2.75) is 25.8 Å². The lowest BCUT2D eigenvalue weighted by Crippen LogP contribution is -2.34. The zero-order valence-corrected chi connectivity index (χ0v) is 9.53. The largest absolute Gasteiger partial charge is 0.330 e. The summed E-state index contributed by atoms with van der Waals surface area (Å²) in [4.78, 5) is 6.99. The van der Waals surface area contributed by atoms with E-state index in [1.807, 2.05) is 0 Å². The first-order valence-corrected chi connectivity index (χ1v) is 5.59. The molecule has 15 heavy (non-hydrogen) atoms. The molecule has 2 N–H and O–H groups in total. The average molecular weight is 205 g/mol. The van der Waals surface area contributed by atoms with Crippen LogP contribution < -0.4 is 5.73 Å². The van der Waals surface area contributed by atoms with Gasteiger partial charge in [0.05, 0.1) is 0 Å². The van der Waals surface area contributed by atoms with Crippen LogP contribution in [-0.2, 0) is 6.42 Å². The lowest BCUT2D eigenvalue weighted by Gasteiger charge is -2.33. The number of nitrogens with zero attached hydrogens (tertiary/aromatic N) is 2. The van der Waals surface area contributed by atoms with E-state index in [1.165, 1.54) is 11.3 Å². The molecule has 0 fully saturated rings. The van der Waals surface area contributed by atoms with Crippen molar-refractivity contribution in [3.63, 3.8) is 0 Å². The monoisotopic (exact) mass is 205 g/mol. The molecule has 1 aromatic rings. The number of hydrogen-bond donors (Lipinski definition) is 1. The van der Waals surface area contributed by atoms with Gasteiger partial charge in [-0.1, -0.05) is 6.07 Å². The molecule has 0 aromatic carbocycles. The van der Waals surface area contributed by atoms with Gasteiger partial charge < -0.3 is 5.73 Å². The van der Waals surface area contributed by atoms with Gasteiger partial charge in [0.15, 0.2) is 0 Å². The summed E-state index contributed by atoms with van der Waals surface area (Å²) in [6, 6.07) is 4.78. The van der Waals surface area contributed by atoms with Crippen molar-refractivity contribution < 1.29 is 0 Å². The molecule has 0 bridgehead atoms. The topological polar surface area (TPSA) is 42.2 Å². The van der Waals surface area contributed by atoms with Gasteiger partial charge in [0, 0.05) is 30.4 Å². The number of hydrogen-bond acceptors (Lipinski definition) is 3. The van der Waals surface area contributed by atoms with Crippen LogP contribution in [0.1, 0.15) is 29.4 Å². The van der Waals surface area contributed by atoms with E-state index in [4.69, 9.17) is 5.73 Å². The number of nitrogens with two attached hydrogens (primary N) is 1. The Balaban J connectivity index is 2.34. The number of likely N-dealkylation sites (N-methyl/N-ethyl adjacent to an activating group) is 1. The molecule has 0 amide bonds. The highest BCUT2D eigenvalue weighted by Crippen LogP contribution is 2.29. The van der Waals surface area contributed by atoms with E-state index >= 15 is 0 Å². The SMILES string of the molecule is Cc1ccc2c(n1)CCN(C)C2CCN. The van der Waals surface area contributed by atoms with Crippen LogP contribution in [0, 0.1) is 6.92 Å². The third-order valence-corrected chi connectivity index (χ3v) is 3.18. The second-order valence-corrected chi connectivity index (χ2v) is 4.31. The minimum absolute atomic E-state index is 0.465. The van der Waals surface area contributed by atoms with E-state index in [-0.39, 0.29) is 0 Å². The van der Waals surface area contributed by atoms with Crippen molar-refractivity contribution in [1.82, 2.24) is 9.88 Å². The zero-order valence-electron chi connectivity index (χ0n) is 9.53. The van der Waals surface area contributed by atoms with Crippen LogP contribution in [0.25, 0.3) is 0 Å². The Morgan fingerprint density at radius 1 is 1.53 bits per heavy atom. The van der Waals surface area contributed by atoms with E-state index in [0.717, 1.165) is 31.6 Å². The minimum atomic E-state index is 0.465. The van der Waals surface area contributed by atoms with Gasteiger partial charge >= 0.3 is 0 Å². The maximum absolute atomic E-state index is 5.66. The van der Waals surface area contributed by atoms with Crippen LogP contribution in [0.5, 0.6) is 0 Å². The second-order valence-electron chi connectivity index (χ2n) is 4.31. The maximum Gasteiger partial charge on any atom is 0.0467 e. The van der Waals surface area contributed by atoms with Crippen LogP contribution in [0.3, 0.4) is 0 Å². The first kappa shape index (κ1) is 10.6. The summed E-state index contributed by atoms with van der Waals surface area (Å²) in [5, 5.41) is 0. The standard InChI is InChI=1S/C12H19N3/c1-9-3-4-10-11(14-9)6-8-15(2)12(10)5-7-13/h3-4,12H,5-8,13H2,1-2H3. The van der Waals surface area contributed by atoms with Crippen molar-refractivity contribution in [3.8, 4) is 0 Å². The molecule has 0 radical (unpaired) electrons. The van der Waals surface area contributed by atoms with E-state index in [0.29, 0.717) is 6.04 Å². The number of pyridine rings is 1. The molecule has 82 valence electrons. The van der Waals surface area contributed by atoms with Crippen LogP contribution in [0.4, 0.5) is 0 Å². The van der Waals surface area contributed by atoms with Crippen LogP contribution in [0.15, 0.2) is 12.1 Å². The third kappa shape index (κ3) is 2.03. The number of aromatic nitrogens is 1. The fraction of sp³-hybridized carbons (Fsp3) is 0.583. The summed E-state index contributed by atoms with van der Waals surface area (Å²) in [6.45, 7) is 3.88. The molecule has 0 aliphatic carbocycles. The van der Waals surface area contributed by atoms with Crippen molar-refractivity contribution >= 4 is 0 Å². The predicted molar refractivity (Wildman–Crippen MR) is 61.7 cm³/mol. The summed E-state index contributed by atoms with van der Waals surface area (Å²) < 4.78 is 0. The molecular weight excluding hydrogens is 186 g/mol. The molecule has 1 atom stereocenters. The Hall–Kier alpha value is -0.930. The van der Waals surface area contributed by atoms with E-state index in [1.54, 1.807) is 0 Å². The first-order chi connectivity index (χ1) is 7.22. The van der Waals surface area contributed by atoms with Gasteiger partial charge in [0.2, 0.25) is 0 Å². The van der Waals surface area contributed by atoms with Crippen LogP contribution in [0.2, 0.25) is 0 Å². The molecule has 0 saturated carbocycles. The van der Waals surface area contributed by atoms with Gasteiger partial charge in [0.1, 0.15) is 0 Å². The van der Waals surface area contributed by atoms with E-state index in [9.17, 15) is 0 Å². The highest BCUT2D eigenvalue weighted by atomic mass is 15.1. The predicted octanol–water partition coefficient (Wildman–Crippen LogP) is 1.27. The normalized spacial score (nSPS) is 21.4. The Morgan fingerprint density at radius 3 is 3.07 bits per heavy atom. The number of rotatable bonds is 2. The van der Waals surface area contributed by atoms with Crippen molar-refractivity contribution in [2.75, 3.05) is 20.1 Å². The minimum Gasteiger partial charge on any atom is -0.330 e. The molecule has 1 unspecified atom stereocenters. The maximum atomic E-state index is 5.66. The van der Waals surface area contributed by atoms with Gasteiger partial charge in [-0.2, -0.15) is 0 Å². The smallest absolute Gasteiger partial charge is 0.0467 e. The molecule has 2 rings (SSSR count). The van der Waals surface area contributed by atoms with Gasteiger partial charge in [-0.3, -0.25) is 9.88 Å². The first-order valence-electron chi connectivity index (χ1n) is 5.59. The van der Waals surface area contributed by atoms with Crippen molar-refractivity contribution in [1.29, 1.82) is 0 Å². The Kier molecular flexibility index (Phi) is 3.03. The molecule has 1 aliphatic rings. The zero-order chi connectivity index (χ0) is 10.8. The van der Waals surface area contributed by atoms with E-state index < -0.39 is 0 Å². The molecule has 3 heteroatoms. The van der Waals surface area contributed by atoms with Gasteiger partial charge in [-0.15, -0.1) is 0 Å². The fourth-order valence-corrected chi connectivity index (χ4v) is 2.33. The molecule has 2 heterocycles. The summed E-state index contributed by atoms with van der Waals surface area (Å²) in [5.74, 6) is 0. The quantitative estimate of drug-likeness (QED) is 0.790. The Morgan fingerprint density at radius 2 is 2.33 bits per heavy atom. The number of fused-ring (bicyclic) bond motifs is 1. The van der Waals surface area contributed by atoms with Gasteiger partial charge in [0.25, 0.3) is 0 Å². The summed E-state index contributed by atoms with van der Waals surface area (Å²) in [6.07, 6.45) is 2.09. The highest BCUT2D eigenvalue weighted by molar-refractivity contribution is 5.28. The summed E-state index contributed by atoms with van der Waals surface area (Å²) in [5.41, 5.74) is 9.42. The van der Waals surface area contributed by atoms with Crippen LogP contribution in [-0.4, -0.2) is 30.0 Å². The van der Waals surface area contributed by atoms with E-state index in [2.05, 4.69) is 36.0 Å². The van der Waals surface area contributed by atoms with Gasteiger partial charge in [-0.25, -0.2) is 0 Å². The lowest BCUT2D eigenvalue weighted by molar-refractivity contribution is 0.219. The molecule has 1 aromatic heterocycles.